The Morgan fingerprint density at radius 2 is 1.67 bits per heavy atom. The number of benzene rings is 2. The zero-order valence-corrected chi connectivity index (χ0v) is 20.1. The summed E-state index contributed by atoms with van der Waals surface area (Å²) >= 11 is 1.36. The molecule has 7 nitrogen and oxygen atoms in total. The quantitative estimate of drug-likeness (QED) is 0.498. The summed E-state index contributed by atoms with van der Waals surface area (Å²) in [4.78, 5) is 18.9. The molecule has 3 aromatic rings. The van der Waals surface area contributed by atoms with Gasteiger partial charge < -0.3 is 4.90 Å². The predicted molar refractivity (Wildman–Crippen MR) is 126 cm³/mol. The van der Waals surface area contributed by atoms with Crippen LogP contribution in [0.1, 0.15) is 11.1 Å². The lowest BCUT2D eigenvalue weighted by molar-refractivity contribution is -0.129. The van der Waals surface area contributed by atoms with Gasteiger partial charge in [0.05, 0.1) is 10.6 Å². The van der Waals surface area contributed by atoms with Crippen molar-refractivity contribution in [3.8, 4) is 5.69 Å². The average Bonchev–Trinajstić information content (AvgIpc) is 3.26. The Hall–Kier alpha value is -2.69. The first-order valence-electron chi connectivity index (χ1n) is 10.5. The number of aryl methyl sites for hydroxylation is 2. The molecule has 0 aliphatic carbocycles. The number of nitrogens with zero attached hydrogens (tertiary/aromatic N) is 4. The number of amides is 1. The van der Waals surface area contributed by atoms with Crippen LogP contribution in [0.5, 0.6) is 0 Å². The largest absolute Gasteiger partial charge is 0.339 e. The van der Waals surface area contributed by atoms with E-state index in [0.29, 0.717) is 13.1 Å². The second kappa shape index (κ2) is 9.66. The van der Waals surface area contributed by atoms with Gasteiger partial charge in [-0.05, 0) is 61.4 Å². The van der Waals surface area contributed by atoms with Crippen molar-refractivity contribution in [3.63, 3.8) is 0 Å². The molecule has 174 valence electrons. The number of carbonyl (C=O) groups excluding carboxylic acids is 1. The van der Waals surface area contributed by atoms with Crippen LogP contribution < -0.4 is 0 Å². The van der Waals surface area contributed by atoms with Crippen LogP contribution in [-0.4, -0.2) is 65.0 Å². The van der Waals surface area contributed by atoms with Gasteiger partial charge in [0.2, 0.25) is 15.9 Å². The fourth-order valence-electron chi connectivity index (χ4n) is 3.83. The van der Waals surface area contributed by atoms with E-state index in [-0.39, 0.29) is 29.6 Å². The lowest BCUT2D eigenvalue weighted by atomic mass is 10.1. The van der Waals surface area contributed by atoms with Gasteiger partial charge in [0.25, 0.3) is 0 Å². The molecule has 1 aliphatic rings. The second-order valence-corrected chi connectivity index (χ2v) is 10.8. The van der Waals surface area contributed by atoms with Crippen molar-refractivity contribution in [2.45, 2.75) is 23.9 Å². The summed E-state index contributed by atoms with van der Waals surface area (Å²) in [5.41, 5.74) is 3.30. The van der Waals surface area contributed by atoms with Crippen molar-refractivity contribution in [1.82, 2.24) is 18.8 Å². The zero-order chi connectivity index (χ0) is 23.6. The normalized spacial score (nSPS) is 15.1. The van der Waals surface area contributed by atoms with Gasteiger partial charge in [-0.25, -0.2) is 17.8 Å². The first kappa shape index (κ1) is 23.5. The van der Waals surface area contributed by atoms with Crippen LogP contribution in [0.4, 0.5) is 4.39 Å². The third-order valence-electron chi connectivity index (χ3n) is 5.46. The molecule has 0 spiro atoms. The number of sulfonamides is 1. The highest BCUT2D eigenvalue weighted by Crippen LogP contribution is 2.23. The minimum absolute atomic E-state index is 0.0532. The maximum atomic E-state index is 13.1. The fourth-order valence-corrected chi connectivity index (χ4v) is 6.13. The topological polar surface area (TPSA) is 75.5 Å². The molecule has 2 heterocycles. The number of piperazine rings is 1. The van der Waals surface area contributed by atoms with Gasteiger partial charge in [-0.2, -0.15) is 4.31 Å². The van der Waals surface area contributed by atoms with Crippen LogP contribution in [0.3, 0.4) is 0 Å². The van der Waals surface area contributed by atoms with Crippen molar-refractivity contribution in [1.29, 1.82) is 0 Å². The average molecular weight is 489 g/mol. The maximum Gasteiger partial charge on any atom is 0.243 e. The number of rotatable bonds is 6. The van der Waals surface area contributed by atoms with Gasteiger partial charge in [0.15, 0.2) is 5.16 Å². The number of halogens is 1. The molecular formula is C23H25FN4O3S2. The van der Waals surface area contributed by atoms with E-state index in [4.69, 9.17) is 0 Å². The second-order valence-electron chi connectivity index (χ2n) is 7.95. The molecule has 0 saturated carbocycles. The van der Waals surface area contributed by atoms with Crippen LogP contribution in [0.15, 0.2) is 64.9 Å². The molecule has 0 N–H and O–H groups in total. The third kappa shape index (κ3) is 5.29. The molecule has 0 bridgehead atoms. The summed E-state index contributed by atoms with van der Waals surface area (Å²) in [5.74, 6) is -0.333. The summed E-state index contributed by atoms with van der Waals surface area (Å²) < 4.78 is 42.0. The monoisotopic (exact) mass is 488 g/mol. The SMILES string of the molecule is Cc1cc(C)cc(-n2ccnc2SCC(=O)N2CCN(S(=O)(=O)c3ccc(F)cc3)CC2)c1. The van der Waals surface area contributed by atoms with Crippen molar-refractivity contribution < 1.29 is 17.6 Å². The summed E-state index contributed by atoms with van der Waals surface area (Å²) in [5, 5.41) is 0.728. The third-order valence-corrected chi connectivity index (χ3v) is 8.32. The highest BCUT2D eigenvalue weighted by atomic mass is 32.2. The van der Waals surface area contributed by atoms with E-state index < -0.39 is 15.8 Å². The predicted octanol–water partition coefficient (Wildman–Crippen LogP) is 3.25. The number of carbonyl (C=O) groups is 1. The molecule has 4 rings (SSSR count). The summed E-state index contributed by atoms with van der Waals surface area (Å²) in [7, 11) is -3.71. The van der Waals surface area contributed by atoms with E-state index in [2.05, 4.69) is 23.2 Å². The smallest absolute Gasteiger partial charge is 0.243 e. The maximum absolute atomic E-state index is 13.1. The molecule has 33 heavy (non-hydrogen) atoms. The van der Waals surface area contributed by atoms with Gasteiger partial charge in [0, 0.05) is 44.3 Å². The number of hydrogen-bond acceptors (Lipinski definition) is 5. The Morgan fingerprint density at radius 3 is 2.30 bits per heavy atom. The number of thioether (sulfide) groups is 1. The Kier molecular flexibility index (Phi) is 6.87. The highest BCUT2D eigenvalue weighted by molar-refractivity contribution is 7.99. The van der Waals surface area contributed by atoms with Crippen LogP contribution in [0.2, 0.25) is 0 Å². The molecule has 0 atom stereocenters. The highest BCUT2D eigenvalue weighted by Gasteiger charge is 2.30. The standard InChI is InChI=1S/C23H25FN4O3S2/c1-17-13-18(2)15-20(14-17)28-8-7-25-23(28)32-16-22(29)26-9-11-27(12-10-26)33(30,31)21-5-3-19(24)4-6-21/h3-8,13-15H,9-12,16H2,1-2H3. The Bertz CT molecular complexity index is 1230. The summed E-state index contributed by atoms with van der Waals surface area (Å²) in [6, 6.07) is 11.0. The van der Waals surface area contributed by atoms with E-state index >= 15 is 0 Å². The minimum atomic E-state index is -3.71. The first-order chi connectivity index (χ1) is 15.7. The van der Waals surface area contributed by atoms with Crippen LogP contribution in [0.25, 0.3) is 5.69 Å². The van der Waals surface area contributed by atoms with Gasteiger partial charge in [-0.3, -0.25) is 9.36 Å². The molecule has 2 aromatic carbocycles. The van der Waals surface area contributed by atoms with E-state index in [9.17, 15) is 17.6 Å². The van der Waals surface area contributed by atoms with Crippen molar-refractivity contribution in [2.75, 3.05) is 31.9 Å². The van der Waals surface area contributed by atoms with Crippen LogP contribution >= 0.6 is 11.8 Å². The molecule has 1 aromatic heterocycles. The van der Waals surface area contributed by atoms with Crippen LogP contribution in [-0.2, 0) is 14.8 Å². The summed E-state index contributed by atoms with van der Waals surface area (Å²) in [6.45, 7) is 5.11. The van der Waals surface area contributed by atoms with E-state index in [0.717, 1.165) is 34.1 Å². The number of hydrogen-bond donors (Lipinski definition) is 0. The van der Waals surface area contributed by atoms with Crippen LogP contribution in [0, 0.1) is 19.7 Å². The lowest BCUT2D eigenvalue weighted by Crippen LogP contribution is -2.50. The Morgan fingerprint density at radius 1 is 1.03 bits per heavy atom. The Labute approximate surface area is 197 Å². The molecule has 1 saturated heterocycles. The molecule has 0 unspecified atom stereocenters. The van der Waals surface area contributed by atoms with Crippen molar-refractivity contribution in [3.05, 3.63) is 71.8 Å². The minimum Gasteiger partial charge on any atom is -0.339 e. The molecule has 1 amide bonds. The van der Waals surface area contributed by atoms with E-state index in [1.807, 2.05) is 24.6 Å². The molecular weight excluding hydrogens is 463 g/mol. The van der Waals surface area contributed by atoms with Crippen molar-refractivity contribution in [2.24, 2.45) is 0 Å². The van der Waals surface area contributed by atoms with E-state index in [1.54, 1.807) is 11.1 Å². The molecule has 1 aliphatic heterocycles. The molecule has 10 heteroatoms. The zero-order valence-electron chi connectivity index (χ0n) is 18.4. The number of imidazole rings is 1. The van der Waals surface area contributed by atoms with Gasteiger partial charge in [-0.15, -0.1) is 0 Å². The van der Waals surface area contributed by atoms with Gasteiger partial charge in [-0.1, -0.05) is 17.8 Å². The van der Waals surface area contributed by atoms with Gasteiger partial charge >= 0.3 is 0 Å². The molecule has 1 fully saturated rings. The fraction of sp³-hybridized carbons (Fsp3) is 0.304. The number of aromatic nitrogens is 2. The van der Waals surface area contributed by atoms with Crippen molar-refractivity contribution >= 4 is 27.7 Å². The summed E-state index contributed by atoms with van der Waals surface area (Å²) in [6.07, 6.45) is 3.59. The van der Waals surface area contributed by atoms with Gasteiger partial charge in [0.1, 0.15) is 5.82 Å². The molecule has 0 radical (unpaired) electrons. The first-order valence-corrected chi connectivity index (χ1v) is 12.9. The Balaban J connectivity index is 1.35. The lowest BCUT2D eigenvalue weighted by Gasteiger charge is -2.34. The van der Waals surface area contributed by atoms with E-state index in [1.165, 1.54) is 28.2 Å².